The molecule has 0 spiro atoms. The van der Waals surface area contributed by atoms with E-state index in [1.807, 2.05) is 0 Å². The van der Waals surface area contributed by atoms with Crippen molar-refractivity contribution in [3.8, 4) is 0 Å². The molecule has 1 unspecified atom stereocenters. The van der Waals surface area contributed by atoms with Crippen molar-refractivity contribution in [3.05, 3.63) is 34.4 Å². The van der Waals surface area contributed by atoms with Crippen molar-refractivity contribution in [3.63, 3.8) is 0 Å². The number of para-hydroxylation sites is 2. The van der Waals surface area contributed by atoms with E-state index in [4.69, 9.17) is 5.73 Å². The van der Waals surface area contributed by atoms with Crippen LogP contribution < -0.4 is 16.4 Å². The van der Waals surface area contributed by atoms with Crippen molar-refractivity contribution >= 4 is 29.7 Å². The Labute approximate surface area is 142 Å². The van der Waals surface area contributed by atoms with Gasteiger partial charge in [-0.05, 0) is 12.5 Å². The predicted octanol–water partition coefficient (Wildman–Crippen LogP) is 2.45. The van der Waals surface area contributed by atoms with E-state index in [0.29, 0.717) is 18.8 Å². The number of carbonyl (C=O) groups excluding carboxylic acids is 1. The Morgan fingerprint density at radius 3 is 2.70 bits per heavy atom. The van der Waals surface area contributed by atoms with Gasteiger partial charge in [-0.1, -0.05) is 31.9 Å². The summed E-state index contributed by atoms with van der Waals surface area (Å²) in [5, 5.41) is 16.7. The van der Waals surface area contributed by atoms with Crippen LogP contribution in [-0.4, -0.2) is 30.0 Å². The third-order valence-corrected chi connectivity index (χ3v) is 3.32. The first-order chi connectivity index (χ1) is 10.6. The molecule has 0 aromatic heterocycles. The molecule has 0 bridgehead atoms. The second-order valence-electron chi connectivity index (χ2n) is 5.09. The summed E-state index contributed by atoms with van der Waals surface area (Å²) in [6, 6.07) is 6.37. The number of rotatable bonds is 10. The van der Waals surface area contributed by atoms with Crippen molar-refractivity contribution in [2.75, 3.05) is 18.4 Å². The molecule has 0 aliphatic carbocycles. The topological polar surface area (TPSA) is 110 Å². The number of halogens is 1. The first-order valence-electron chi connectivity index (χ1n) is 7.55. The number of amides is 1. The van der Waals surface area contributed by atoms with Crippen LogP contribution in [0.2, 0.25) is 0 Å². The molecule has 1 amide bonds. The van der Waals surface area contributed by atoms with Gasteiger partial charge in [-0.3, -0.25) is 14.9 Å². The maximum atomic E-state index is 11.8. The van der Waals surface area contributed by atoms with E-state index >= 15 is 0 Å². The molecule has 1 aromatic rings. The monoisotopic (exact) mass is 344 g/mol. The minimum Gasteiger partial charge on any atom is -0.379 e. The lowest BCUT2D eigenvalue weighted by Crippen LogP contribution is -2.40. The Morgan fingerprint density at radius 1 is 1.39 bits per heavy atom. The molecule has 0 heterocycles. The van der Waals surface area contributed by atoms with Gasteiger partial charge in [0, 0.05) is 31.6 Å². The lowest BCUT2D eigenvalue weighted by Gasteiger charge is -2.16. The zero-order chi connectivity index (χ0) is 16.4. The largest absolute Gasteiger partial charge is 0.379 e. The van der Waals surface area contributed by atoms with Crippen molar-refractivity contribution in [1.29, 1.82) is 0 Å². The van der Waals surface area contributed by atoms with E-state index in [9.17, 15) is 14.9 Å². The third kappa shape index (κ3) is 7.80. The van der Waals surface area contributed by atoms with Crippen LogP contribution in [0.15, 0.2) is 24.3 Å². The number of benzene rings is 1. The average molecular weight is 345 g/mol. The number of nitro groups is 1. The highest BCUT2D eigenvalue weighted by Crippen LogP contribution is 2.22. The number of carbonyl (C=O) groups is 1. The SMILES string of the molecule is CCCCC(CN)NC(=O)CCNc1ccccc1[N+](=O)[O-].Cl. The molecule has 1 aromatic carbocycles. The van der Waals surface area contributed by atoms with Crippen LogP contribution in [0.4, 0.5) is 11.4 Å². The number of nitro benzene ring substituents is 1. The minimum atomic E-state index is -0.447. The fraction of sp³-hybridized carbons (Fsp3) is 0.533. The molecule has 0 radical (unpaired) electrons. The van der Waals surface area contributed by atoms with Crippen LogP contribution in [0.3, 0.4) is 0 Å². The Hall–Kier alpha value is -1.86. The zero-order valence-corrected chi connectivity index (χ0v) is 14.1. The van der Waals surface area contributed by atoms with Crippen LogP contribution >= 0.6 is 12.4 Å². The van der Waals surface area contributed by atoms with E-state index in [1.165, 1.54) is 6.07 Å². The van der Waals surface area contributed by atoms with E-state index in [-0.39, 0.29) is 36.5 Å². The minimum absolute atomic E-state index is 0. The average Bonchev–Trinajstić information content (AvgIpc) is 2.51. The number of anilines is 1. The summed E-state index contributed by atoms with van der Waals surface area (Å²) in [5.41, 5.74) is 6.05. The lowest BCUT2D eigenvalue weighted by atomic mass is 10.1. The number of nitrogens with two attached hydrogens (primary N) is 1. The molecule has 7 nitrogen and oxygen atoms in total. The maximum Gasteiger partial charge on any atom is 0.292 e. The zero-order valence-electron chi connectivity index (χ0n) is 13.3. The summed E-state index contributed by atoms with van der Waals surface area (Å²) in [6.07, 6.45) is 3.20. The van der Waals surface area contributed by atoms with Crippen molar-refractivity contribution in [2.45, 2.75) is 38.6 Å². The summed E-state index contributed by atoms with van der Waals surface area (Å²) < 4.78 is 0. The third-order valence-electron chi connectivity index (χ3n) is 3.32. The standard InChI is InChI=1S/C15H24N4O3.ClH/c1-2-3-6-12(11-16)18-15(20)9-10-17-13-7-4-5-8-14(13)19(21)22;/h4-5,7-8,12,17H,2-3,6,9-11,16H2,1H3,(H,18,20);1H. The van der Waals surface area contributed by atoms with Crippen LogP contribution in [0, 0.1) is 10.1 Å². The lowest BCUT2D eigenvalue weighted by molar-refractivity contribution is -0.384. The Balaban J connectivity index is 0.00000484. The molecule has 23 heavy (non-hydrogen) atoms. The Bertz CT molecular complexity index is 499. The summed E-state index contributed by atoms with van der Waals surface area (Å²) in [7, 11) is 0. The van der Waals surface area contributed by atoms with Crippen molar-refractivity contribution in [2.24, 2.45) is 5.73 Å². The molecule has 0 saturated carbocycles. The summed E-state index contributed by atoms with van der Waals surface area (Å²) in [5.74, 6) is -0.0994. The number of nitrogens with one attached hydrogen (secondary N) is 2. The van der Waals surface area contributed by atoms with Crippen molar-refractivity contribution in [1.82, 2.24) is 5.32 Å². The van der Waals surface area contributed by atoms with Gasteiger partial charge in [-0.2, -0.15) is 0 Å². The smallest absolute Gasteiger partial charge is 0.292 e. The molecular weight excluding hydrogens is 320 g/mol. The van der Waals surface area contributed by atoms with Gasteiger partial charge in [0.15, 0.2) is 0 Å². The molecule has 4 N–H and O–H groups in total. The van der Waals surface area contributed by atoms with Gasteiger partial charge in [0.2, 0.25) is 5.91 Å². The van der Waals surface area contributed by atoms with E-state index in [1.54, 1.807) is 18.2 Å². The molecular formula is C15H25ClN4O3. The highest BCUT2D eigenvalue weighted by atomic mass is 35.5. The number of hydrogen-bond acceptors (Lipinski definition) is 5. The number of nitrogens with zero attached hydrogens (tertiary/aromatic N) is 1. The van der Waals surface area contributed by atoms with Gasteiger partial charge in [0.25, 0.3) is 5.69 Å². The van der Waals surface area contributed by atoms with Gasteiger partial charge in [0.1, 0.15) is 5.69 Å². The summed E-state index contributed by atoms with van der Waals surface area (Å²) in [4.78, 5) is 22.3. The van der Waals surface area contributed by atoms with Crippen LogP contribution in [0.5, 0.6) is 0 Å². The fourth-order valence-corrected chi connectivity index (χ4v) is 2.09. The molecule has 0 fully saturated rings. The van der Waals surface area contributed by atoms with Gasteiger partial charge in [-0.15, -0.1) is 12.4 Å². The second kappa shape index (κ2) is 11.7. The maximum absolute atomic E-state index is 11.8. The van der Waals surface area contributed by atoms with Crippen LogP contribution in [-0.2, 0) is 4.79 Å². The normalized spacial score (nSPS) is 11.2. The molecule has 8 heteroatoms. The first kappa shape index (κ1) is 21.1. The Morgan fingerprint density at radius 2 is 2.09 bits per heavy atom. The second-order valence-corrected chi connectivity index (χ2v) is 5.09. The van der Waals surface area contributed by atoms with Gasteiger partial charge in [0.05, 0.1) is 4.92 Å². The first-order valence-corrected chi connectivity index (χ1v) is 7.55. The van der Waals surface area contributed by atoms with E-state index < -0.39 is 4.92 Å². The molecule has 0 saturated heterocycles. The quantitative estimate of drug-likeness (QED) is 0.446. The molecule has 0 aliphatic rings. The Kier molecular flexibility index (Phi) is 10.7. The van der Waals surface area contributed by atoms with Crippen molar-refractivity contribution < 1.29 is 9.72 Å². The molecule has 1 rings (SSSR count). The molecule has 130 valence electrons. The van der Waals surface area contributed by atoms with Gasteiger partial charge in [-0.25, -0.2) is 0 Å². The predicted molar refractivity (Wildman–Crippen MR) is 94.0 cm³/mol. The molecule has 0 aliphatic heterocycles. The van der Waals surface area contributed by atoms with Crippen LogP contribution in [0.1, 0.15) is 32.6 Å². The van der Waals surface area contributed by atoms with E-state index in [0.717, 1.165) is 19.3 Å². The number of unbranched alkanes of at least 4 members (excludes halogenated alkanes) is 1. The van der Waals surface area contributed by atoms with E-state index in [2.05, 4.69) is 17.6 Å². The summed E-state index contributed by atoms with van der Waals surface area (Å²) >= 11 is 0. The fourth-order valence-electron chi connectivity index (χ4n) is 2.09. The van der Waals surface area contributed by atoms with Gasteiger partial charge < -0.3 is 16.4 Å². The highest BCUT2D eigenvalue weighted by Gasteiger charge is 2.13. The summed E-state index contributed by atoms with van der Waals surface area (Å²) in [6.45, 7) is 2.84. The number of hydrogen-bond donors (Lipinski definition) is 3. The molecule has 1 atom stereocenters. The highest BCUT2D eigenvalue weighted by molar-refractivity contribution is 5.85. The van der Waals surface area contributed by atoms with Crippen LogP contribution in [0.25, 0.3) is 0 Å². The van der Waals surface area contributed by atoms with Gasteiger partial charge >= 0.3 is 0 Å².